The predicted molar refractivity (Wildman–Crippen MR) is 180 cm³/mol. The number of likely N-dealkylation sites (N-methyl/N-ethyl adjacent to an activating group) is 1. The van der Waals surface area contributed by atoms with Crippen molar-refractivity contribution in [1.29, 1.82) is 0 Å². The highest BCUT2D eigenvalue weighted by atomic mass is 19.3. The minimum Gasteiger partial charge on any atom is -0.375 e. The summed E-state index contributed by atoms with van der Waals surface area (Å²) in [5.41, 5.74) is 7.10. The van der Waals surface area contributed by atoms with E-state index in [9.17, 15) is 8.78 Å². The molecule has 4 heteroatoms. The summed E-state index contributed by atoms with van der Waals surface area (Å²) in [5.74, 6) is -2.85. The summed E-state index contributed by atoms with van der Waals surface area (Å²) >= 11 is 0. The van der Waals surface area contributed by atoms with Gasteiger partial charge in [-0.05, 0) is 64.2 Å². The van der Waals surface area contributed by atoms with Gasteiger partial charge in [-0.3, -0.25) is 4.99 Å². The molecule has 0 saturated carbocycles. The van der Waals surface area contributed by atoms with Crippen LogP contribution in [0.1, 0.15) is 104 Å². The van der Waals surface area contributed by atoms with Crippen molar-refractivity contribution < 1.29 is 8.78 Å². The Morgan fingerprint density at radius 1 is 0.976 bits per heavy atom. The van der Waals surface area contributed by atoms with Crippen LogP contribution in [-0.2, 0) is 18.8 Å². The molecule has 0 unspecified atom stereocenters. The van der Waals surface area contributed by atoms with E-state index < -0.39 is 5.92 Å². The Morgan fingerprint density at radius 3 is 1.95 bits per heavy atom. The van der Waals surface area contributed by atoms with Gasteiger partial charge >= 0.3 is 0 Å². The second kappa shape index (κ2) is 22.7. The molecule has 0 heterocycles. The van der Waals surface area contributed by atoms with Crippen LogP contribution in [0.15, 0.2) is 89.7 Å². The van der Waals surface area contributed by atoms with Gasteiger partial charge < -0.3 is 4.90 Å². The van der Waals surface area contributed by atoms with E-state index in [0.29, 0.717) is 12.0 Å². The minimum atomic E-state index is -2.85. The lowest BCUT2D eigenvalue weighted by Gasteiger charge is -2.23. The molecule has 0 spiro atoms. The molecule has 2 nitrogen and oxygen atoms in total. The van der Waals surface area contributed by atoms with E-state index in [1.807, 2.05) is 34.7 Å². The lowest BCUT2D eigenvalue weighted by molar-refractivity contribution is 0.0167. The first-order valence-electron chi connectivity index (χ1n) is 14.9. The number of nitrogens with zero attached hydrogens (tertiary/aromatic N) is 2. The largest absolute Gasteiger partial charge is 0.375 e. The number of allylic oxidation sites excluding steroid dienone is 3. The fraction of sp³-hybridized carbons (Fsp3) is 0.486. The minimum absolute atomic E-state index is 0.0663. The molecule has 0 N–H and O–H groups in total. The highest BCUT2D eigenvalue weighted by molar-refractivity contribution is 5.85. The van der Waals surface area contributed by atoms with Crippen LogP contribution in [-0.4, -0.2) is 24.2 Å². The normalized spacial score (nSPS) is 11.4. The average molecular weight is 569 g/mol. The van der Waals surface area contributed by atoms with E-state index in [1.54, 1.807) is 24.3 Å². The van der Waals surface area contributed by atoms with E-state index >= 15 is 0 Å². The maximum Gasteiger partial charge on any atom is 0.270 e. The Kier molecular flexibility index (Phi) is 22.2. The van der Waals surface area contributed by atoms with E-state index in [4.69, 9.17) is 0 Å². The van der Waals surface area contributed by atoms with Crippen LogP contribution in [0, 0.1) is 6.92 Å². The van der Waals surface area contributed by atoms with Gasteiger partial charge in [0.2, 0.25) is 0 Å². The molecule has 2 aromatic rings. The van der Waals surface area contributed by atoms with Crippen LogP contribution in [0.25, 0.3) is 0 Å². The fourth-order valence-corrected chi connectivity index (χ4v) is 3.64. The van der Waals surface area contributed by atoms with Gasteiger partial charge in [0.05, 0.1) is 0 Å². The van der Waals surface area contributed by atoms with Gasteiger partial charge in [-0.2, -0.15) is 0 Å². The Hall–Kier alpha value is -3.01. The van der Waals surface area contributed by atoms with Crippen LogP contribution in [0.3, 0.4) is 0 Å². The maximum atomic E-state index is 13.8. The van der Waals surface area contributed by atoms with Gasteiger partial charge in [0, 0.05) is 49.6 Å². The number of benzene rings is 2. The van der Waals surface area contributed by atoms with Crippen molar-refractivity contribution in [2.45, 2.75) is 107 Å². The first-order valence-corrected chi connectivity index (χ1v) is 14.9. The van der Waals surface area contributed by atoms with Crippen molar-refractivity contribution in [3.05, 3.63) is 107 Å². The van der Waals surface area contributed by atoms with E-state index in [0.717, 1.165) is 55.4 Å². The molecule has 0 aliphatic carbocycles. The summed E-state index contributed by atoms with van der Waals surface area (Å²) in [6.07, 6.45) is 6.80. The number of rotatable bonds is 10. The monoisotopic (exact) mass is 568 g/mol. The third kappa shape index (κ3) is 18.1. The molecule has 230 valence electrons. The van der Waals surface area contributed by atoms with Gasteiger partial charge in [-0.15, -0.1) is 6.58 Å². The van der Waals surface area contributed by atoms with Crippen molar-refractivity contribution in [2.24, 2.45) is 4.99 Å². The zero-order chi connectivity index (χ0) is 32.0. The van der Waals surface area contributed by atoms with Crippen LogP contribution in [0.2, 0.25) is 0 Å². The molecule has 0 aromatic heterocycles. The third-order valence-electron chi connectivity index (χ3n) is 6.11. The van der Waals surface area contributed by atoms with E-state index in [2.05, 4.69) is 81.9 Å². The highest BCUT2D eigenvalue weighted by Gasteiger charge is 2.27. The SMILES string of the molecule is C=C(/C(C)=C(\C)N=C(C)Cc1ccccc1C(C)(F)F)N(C)CCCC.C=CC.CCC.CCc1ccc(C)cc1. The standard InChI is InChI=1S/C22H32F2N2.C9H12.C3H8.C3H6/c1-8-9-14-26(7)19(5)17(3)18(4)25-16(2)15-20-12-10-11-13-21(20)22(6,23)24;1-3-9-6-4-8(2)5-7-9;2*1-3-2/h10-13H,5,8-9,14-15H2,1-4,6-7H3;4-7H,3H2,1-2H3;3H2,1-2H3;3H,1H2,2H3/b18-17+,25-16?;;;. The molecular formula is C37H58F2N2. The molecule has 0 saturated heterocycles. The maximum absolute atomic E-state index is 13.8. The topological polar surface area (TPSA) is 15.6 Å². The highest BCUT2D eigenvalue weighted by Crippen LogP contribution is 2.30. The number of aryl methyl sites for hydroxylation is 2. The van der Waals surface area contributed by atoms with Gasteiger partial charge in [0.1, 0.15) is 0 Å². The lowest BCUT2D eigenvalue weighted by atomic mass is 9.98. The molecule has 0 aliphatic rings. The quantitative estimate of drug-likeness (QED) is 0.158. The molecule has 0 bridgehead atoms. The molecule has 41 heavy (non-hydrogen) atoms. The number of hydrogen-bond donors (Lipinski definition) is 0. The molecule has 0 aliphatic heterocycles. The predicted octanol–water partition coefficient (Wildman–Crippen LogP) is 11.5. The smallest absolute Gasteiger partial charge is 0.270 e. The molecular weight excluding hydrogens is 510 g/mol. The number of hydrogen-bond acceptors (Lipinski definition) is 2. The van der Waals surface area contributed by atoms with E-state index in [1.165, 1.54) is 23.6 Å². The number of halogens is 2. The van der Waals surface area contributed by atoms with Gasteiger partial charge in [-0.1, -0.05) is 107 Å². The molecule has 0 atom stereocenters. The summed E-state index contributed by atoms with van der Waals surface area (Å²) in [4.78, 5) is 6.78. The van der Waals surface area contributed by atoms with Gasteiger partial charge in [0.25, 0.3) is 5.92 Å². The first-order chi connectivity index (χ1) is 19.2. The van der Waals surface area contributed by atoms with Crippen molar-refractivity contribution in [1.82, 2.24) is 4.90 Å². The van der Waals surface area contributed by atoms with Crippen LogP contribution >= 0.6 is 0 Å². The second-order valence-corrected chi connectivity index (χ2v) is 10.5. The van der Waals surface area contributed by atoms with Crippen molar-refractivity contribution in [3.63, 3.8) is 0 Å². The summed E-state index contributed by atoms with van der Waals surface area (Å²) in [6, 6.07) is 15.3. The fourth-order valence-electron chi connectivity index (χ4n) is 3.64. The molecule has 0 fully saturated rings. The first kappa shape index (κ1) is 40.1. The zero-order valence-electron chi connectivity index (χ0n) is 28.0. The summed E-state index contributed by atoms with van der Waals surface area (Å²) < 4.78 is 27.6. The van der Waals surface area contributed by atoms with E-state index in [-0.39, 0.29) is 5.56 Å². The van der Waals surface area contributed by atoms with Crippen LogP contribution in [0.4, 0.5) is 8.78 Å². The average Bonchev–Trinajstić information content (AvgIpc) is 2.92. The molecule has 2 rings (SSSR count). The van der Waals surface area contributed by atoms with Crippen LogP contribution < -0.4 is 0 Å². The molecule has 0 amide bonds. The Balaban J connectivity index is 0. The molecule has 0 radical (unpaired) electrons. The molecule has 2 aromatic carbocycles. The van der Waals surface area contributed by atoms with Gasteiger partial charge in [0.15, 0.2) is 0 Å². The van der Waals surface area contributed by atoms with Crippen LogP contribution in [0.5, 0.6) is 0 Å². The third-order valence-corrected chi connectivity index (χ3v) is 6.11. The zero-order valence-corrected chi connectivity index (χ0v) is 28.0. The Morgan fingerprint density at radius 2 is 1.49 bits per heavy atom. The lowest BCUT2D eigenvalue weighted by Crippen LogP contribution is -2.19. The van der Waals surface area contributed by atoms with Crippen molar-refractivity contribution in [2.75, 3.05) is 13.6 Å². The second-order valence-electron chi connectivity index (χ2n) is 10.5. The van der Waals surface area contributed by atoms with Gasteiger partial charge in [-0.25, -0.2) is 8.78 Å². The van der Waals surface area contributed by atoms with Crippen molar-refractivity contribution in [3.8, 4) is 0 Å². The number of aliphatic imine (C=N–C) groups is 1. The number of alkyl halides is 2. The summed E-state index contributed by atoms with van der Waals surface area (Å²) in [6.45, 7) is 27.8. The summed E-state index contributed by atoms with van der Waals surface area (Å²) in [5, 5.41) is 0. The number of unbranched alkanes of at least 4 members (excludes halogenated alkanes) is 1. The Labute approximate surface area is 252 Å². The Bertz CT molecular complexity index is 1060. The summed E-state index contributed by atoms with van der Waals surface area (Å²) in [7, 11) is 2.03. The van der Waals surface area contributed by atoms with Crippen molar-refractivity contribution >= 4 is 5.71 Å².